The molecule has 1 aromatic carbocycles. The molecule has 0 aliphatic heterocycles. The third-order valence-corrected chi connectivity index (χ3v) is 3.60. The van der Waals surface area contributed by atoms with Crippen molar-refractivity contribution in [1.82, 2.24) is 5.32 Å². The van der Waals surface area contributed by atoms with E-state index >= 15 is 0 Å². The Bertz CT molecular complexity index is 607. The number of hydrogen-bond donors (Lipinski definition) is 2. The Morgan fingerprint density at radius 1 is 1.35 bits per heavy atom. The van der Waals surface area contributed by atoms with Crippen LogP contribution in [0.5, 0.6) is 0 Å². The van der Waals surface area contributed by atoms with Crippen molar-refractivity contribution in [3.63, 3.8) is 0 Å². The van der Waals surface area contributed by atoms with Crippen molar-refractivity contribution >= 4 is 23.2 Å². The molecule has 2 rings (SSSR count). The Kier molecular flexibility index (Phi) is 4.53. The molecule has 0 radical (unpaired) electrons. The third-order valence-electron chi connectivity index (χ3n) is 2.87. The van der Waals surface area contributed by atoms with E-state index in [1.807, 2.05) is 29.8 Å². The number of nitrogens with one attached hydrogen (secondary N) is 1. The summed E-state index contributed by atoms with van der Waals surface area (Å²) in [6.45, 7) is 1.88. The summed E-state index contributed by atoms with van der Waals surface area (Å²) in [5, 5.41) is 15.6. The Morgan fingerprint density at radius 2 is 2.15 bits per heavy atom. The van der Waals surface area contributed by atoms with Gasteiger partial charge in [0.25, 0.3) is 0 Å². The van der Waals surface area contributed by atoms with Gasteiger partial charge in [-0.1, -0.05) is 29.8 Å². The molecular weight excluding hydrogens is 274 g/mol. The lowest BCUT2D eigenvalue weighted by Crippen LogP contribution is -2.34. The monoisotopic (exact) mass is 289 g/mol. The molecule has 0 aliphatic rings. The second-order valence-corrected chi connectivity index (χ2v) is 5.34. The first-order valence-electron chi connectivity index (χ1n) is 6.16. The number of rotatable bonds is 5. The van der Waals surface area contributed by atoms with Crippen LogP contribution in [0.25, 0.3) is 0 Å². The molecule has 20 heavy (non-hydrogen) atoms. The van der Waals surface area contributed by atoms with Gasteiger partial charge in [0.05, 0.1) is 6.42 Å². The fourth-order valence-corrected chi connectivity index (χ4v) is 2.60. The van der Waals surface area contributed by atoms with Gasteiger partial charge in [-0.3, -0.25) is 4.79 Å². The fourth-order valence-electron chi connectivity index (χ4n) is 1.93. The SMILES string of the molecule is Cc1cccc(C(NC(=O)Cc2ccsc2)C(=O)O)c1. The number of carboxylic acid groups (broad SMARTS) is 1. The normalized spacial score (nSPS) is 11.8. The summed E-state index contributed by atoms with van der Waals surface area (Å²) >= 11 is 1.51. The molecule has 5 heteroatoms. The molecule has 2 N–H and O–H groups in total. The Balaban J connectivity index is 2.10. The van der Waals surface area contributed by atoms with Crippen molar-refractivity contribution in [2.75, 3.05) is 0 Å². The quantitative estimate of drug-likeness (QED) is 0.889. The summed E-state index contributed by atoms with van der Waals surface area (Å²) in [4.78, 5) is 23.3. The first kappa shape index (κ1) is 14.3. The summed E-state index contributed by atoms with van der Waals surface area (Å²) in [5.74, 6) is -1.36. The standard InChI is InChI=1S/C15H15NO3S/c1-10-3-2-4-12(7-10)14(15(18)19)16-13(17)8-11-5-6-20-9-11/h2-7,9,14H,8H2,1H3,(H,16,17)(H,18,19). The number of hydrogen-bond acceptors (Lipinski definition) is 3. The summed E-state index contributed by atoms with van der Waals surface area (Å²) in [6, 6.07) is 7.98. The number of aryl methyl sites for hydroxylation is 1. The van der Waals surface area contributed by atoms with Crippen LogP contribution in [0.3, 0.4) is 0 Å². The van der Waals surface area contributed by atoms with Gasteiger partial charge in [0.1, 0.15) is 0 Å². The predicted octanol–water partition coefficient (Wildman–Crippen LogP) is 2.54. The molecule has 0 spiro atoms. The van der Waals surface area contributed by atoms with Gasteiger partial charge in [-0.25, -0.2) is 4.79 Å². The predicted molar refractivity (Wildman–Crippen MR) is 77.7 cm³/mol. The van der Waals surface area contributed by atoms with Crippen LogP contribution in [0, 0.1) is 6.92 Å². The van der Waals surface area contributed by atoms with Crippen LogP contribution in [0.1, 0.15) is 22.7 Å². The molecule has 1 unspecified atom stereocenters. The maximum atomic E-state index is 11.9. The molecule has 0 saturated heterocycles. The summed E-state index contributed by atoms with van der Waals surface area (Å²) in [7, 11) is 0. The Morgan fingerprint density at radius 3 is 2.75 bits per heavy atom. The molecular formula is C15H15NO3S. The minimum absolute atomic E-state index is 0.194. The van der Waals surface area contributed by atoms with Gasteiger partial charge in [0.15, 0.2) is 6.04 Å². The van der Waals surface area contributed by atoms with Gasteiger partial charge >= 0.3 is 5.97 Å². The van der Waals surface area contributed by atoms with Crippen molar-refractivity contribution in [2.24, 2.45) is 0 Å². The minimum atomic E-state index is -1.06. The lowest BCUT2D eigenvalue weighted by Gasteiger charge is -2.15. The van der Waals surface area contributed by atoms with E-state index in [4.69, 9.17) is 0 Å². The summed E-state index contributed by atoms with van der Waals surface area (Å²) in [5.41, 5.74) is 2.43. The van der Waals surface area contributed by atoms with Crippen molar-refractivity contribution in [1.29, 1.82) is 0 Å². The second kappa shape index (κ2) is 6.34. The van der Waals surface area contributed by atoms with Crippen LogP contribution < -0.4 is 5.32 Å². The van der Waals surface area contributed by atoms with Crippen LogP contribution in [0.4, 0.5) is 0 Å². The number of carbonyl (C=O) groups excluding carboxylic acids is 1. The van der Waals surface area contributed by atoms with E-state index in [1.165, 1.54) is 11.3 Å². The molecule has 0 aliphatic carbocycles. The number of thiophene rings is 1. The minimum Gasteiger partial charge on any atom is -0.479 e. The number of carbonyl (C=O) groups is 2. The van der Waals surface area contributed by atoms with Crippen molar-refractivity contribution < 1.29 is 14.7 Å². The van der Waals surface area contributed by atoms with E-state index in [-0.39, 0.29) is 12.3 Å². The summed E-state index contributed by atoms with van der Waals surface area (Å²) < 4.78 is 0. The molecule has 1 atom stereocenters. The number of carboxylic acids is 1. The lowest BCUT2D eigenvalue weighted by atomic mass is 10.0. The molecule has 0 fully saturated rings. The maximum Gasteiger partial charge on any atom is 0.330 e. The average molecular weight is 289 g/mol. The van der Waals surface area contributed by atoms with E-state index in [0.29, 0.717) is 5.56 Å². The third kappa shape index (κ3) is 3.68. The van der Waals surface area contributed by atoms with E-state index < -0.39 is 12.0 Å². The van der Waals surface area contributed by atoms with Crippen molar-refractivity contribution in [3.05, 3.63) is 57.8 Å². The second-order valence-electron chi connectivity index (χ2n) is 4.56. The van der Waals surface area contributed by atoms with E-state index in [1.54, 1.807) is 18.2 Å². The van der Waals surface area contributed by atoms with Gasteiger partial charge in [-0.15, -0.1) is 0 Å². The first-order valence-corrected chi connectivity index (χ1v) is 7.10. The van der Waals surface area contributed by atoms with Gasteiger partial charge in [-0.05, 0) is 34.9 Å². The average Bonchev–Trinajstić information content (AvgIpc) is 2.88. The molecule has 0 saturated carbocycles. The van der Waals surface area contributed by atoms with Crippen LogP contribution in [-0.2, 0) is 16.0 Å². The fraction of sp³-hybridized carbons (Fsp3) is 0.200. The first-order chi connectivity index (χ1) is 9.56. The zero-order valence-corrected chi connectivity index (χ0v) is 11.8. The summed E-state index contributed by atoms with van der Waals surface area (Å²) in [6.07, 6.45) is 0.194. The highest BCUT2D eigenvalue weighted by Gasteiger charge is 2.22. The lowest BCUT2D eigenvalue weighted by molar-refractivity contribution is -0.141. The van der Waals surface area contributed by atoms with Crippen LogP contribution in [0.2, 0.25) is 0 Å². The zero-order chi connectivity index (χ0) is 14.5. The van der Waals surface area contributed by atoms with E-state index in [9.17, 15) is 14.7 Å². The molecule has 4 nitrogen and oxygen atoms in total. The van der Waals surface area contributed by atoms with Crippen molar-refractivity contribution in [2.45, 2.75) is 19.4 Å². The topological polar surface area (TPSA) is 66.4 Å². The molecule has 104 valence electrons. The Hall–Kier alpha value is -2.14. The molecule has 1 amide bonds. The number of amides is 1. The molecule has 2 aromatic rings. The van der Waals surface area contributed by atoms with E-state index in [2.05, 4.69) is 5.32 Å². The number of aliphatic carboxylic acids is 1. The van der Waals surface area contributed by atoms with E-state index in [0.717, 1.165) is 11.1 Å². The van der Waals surface area contributed by atoms with Crippen LogP contribution in [-0.4, -0.2) is 17.0 Å². The van der Waals surface area contributed by atoms with Crippen LogP contribution in [0.15, 0.2) is 41.1 Å². The maximum absolute atomic E-state index is 11.9. The van der Waals surface area contributed by atoms with Gasteiger partial charge in [0.2, 0.25) is 5.91 Å². The highest BCUT2D eigenvalue weighted by molar-refractivity contribution is 7.07. The largest absolute Gasteiger partial charge is 0.479 e. The van der Waals surface area contributed by atoms with Gasteiger partial charge in [-0.2, -0.15) is 11.3 Å². The van der Waals surface area contributed by atoms with Crippen molar-refractivity contribution in [3.8, 4) is 0 Å². The van der Waals surface area contributed by atoms with Gasteiger partial charge in [0, 0.05) is 0 Å². The number of benzene rings is 1. The van der Waals surface area contributed by atoms with Gasteiger partial charge < -0.3 is 10.4 Å². The highest BCUT2D eigenvalue weighted by atomic mass is 32.1. The zero-order valence-electron chi connectivity index (χ0n) is 11.0. The molecule has 0 bridgehead atoms. The Labute approximate surface area is 121 Å². The highest BCUT2D eigenvalue weighted by Crippen LogP contribution is 2.15. The molecule has 1 heterocycles. The van der Waals surface area contributed by atoms with Crippen LogP contribution >= 0.6 is 11.3 Å². The smallest absolute Gasteiger partial charge is 0.330 e. The molecule has 1 aromatic heterocycles.